The van der Waals surface area contributed by atoms with Gasteiger partial charge in [0.25, 0.3) is 5.91 Å². The van der Waals surface area contributed by atoms with Crippen molar-refractivity contribution in [3.8, 4) is 0 Å². The zero-order valence-electron chi connectivity index (χ0n) is 19.5. The number of carbonyl (C=O) groups is 1. The lowest BCUT2D eigenvalue weighted by Gasteiger charge is -2.37. The summed E-state index contributed by atoms with van der Waals surface area (Å²) in [5.74, 6) is 0.634. The summed E-state index contributed by atoms with van der Waals surface area (Å²) in [5.41, 5.74) is 3.04. The Bertz CT molecular complexity index is 1220. The van der Waals surface area contributed by atoms with E-state index in [-0.39, 0.29) is 11.7 Å². The van der Waals surface area contributed by atoms with E-state index in [9.17, 15) is 9.18 Å². The van der Waals surface area contributed by atoms with Crippen LogP contribution in [0.3, 0.4) is 0 Å². The van der Waals surface area contributed by atoms with Crippen LogP contribution in [-0.2, 0) is 0 Å². The Hall–Kier alpha value is -3.00. The van der Waals surface area contributed by atoms with Gasteiger partial charge in [-0.1, -0.05) is 23.8 Å². The first-order valence-corrected chi connectivity index (χ1v) is 12.9. The van der Waals surface area contributed by atoms with Crippen LogP contribution in [0.1, 0.15) is 47.3 Å². The Labute approximate surface area is 203 Å². The molecule has 2 aliphatic rings. The van der Waals surface area contributed by atoms with E-state index in [1.165, 1.54) is 35.8 Å². The molecular formula is C26H30FN5OS. The molecule has 2 aromatic heterocycles. The highest BCUT2D eigenvalue weighted by Gasteiger charge is 2.25. The molecule has 0 saturated carbocycles. The number of piperazine rings is 1. The van der Waals surface area contributed by atoms with Gasteiger partial charge in [0.1, 0.15) is 22.8 Å². The second-order valence-electron chi connectivity index (χ2n) is 8.97. The molecule has 1 aromatic carbocycles. The van der Waals surface area contributed by atoms with Crippen molar-refractivity contribution in [1.82, 2.24) is 15.3 Å². The van der Waals surface area contributed by atoms with Crippen molar-refractivity contribution >= 4 is 39.0 Å². The van der Waals surface area contributed by atoms with Crippen molar-refractivity contribution in [2.75, 3.05) is 42.5 Å². The molecule has 34 heavy (non-hydrogen) atoms. The molecule has 6 nitrogen and oxygen atoms in total. The van der Waals surface area contributed by atoms with Gasteiger partial charge in [0.05, 0.1) is 16.0 Å². The molecule has 0 atom stereocenters. The molecule has 3 heterocycles. The van der Waals surface area contributed by atoms with Crippen LogP contribution >= 0.6 is 11.3 Å². The SMILES string of the molecule is Cc1c(C(=O)NCCC2=CCCCC2)sc2ncnc(N3CCN(c4ccccc4F)CC3)c12. The summed E-state index contributed by atoms with van der Waals surface area (Å²) in [6.07, 6.45) is 9.68. The van der Waals surface area contributed by atoms with E-state index < -0.39 is 0 Å². The topological polar surface area (TPSA) is 61.4 Å². The van der Waals surface area contributed by atoms with Crippen LogP contribution in [-0.4, -0.2) is 48.6 Å². The maximum atomic E-state index is 14.2. The Morgan fingerprint density at radius 2 is 1.91 bits per heavy atom. The molecule has 0 unspecified atom stereocenters. The molecule has 3 aromatic rings. The van der Waals surface area contributed by atoms with Crippen LogP contribution in [0.25, 0.3) is 10.2 Å². The predicted octanol–water partition coefficient (Wildman–Crippen LogP) is 5.09. The minimum atomic E-state index is -0.190. The molecule has 0 radical (unpaired) electrons. The number of amides is 1. The Morgan fingerprint density at radius 1 is 1.12 bits per heavy atom. The van der Waals surface area contributed by atoms with Gasteiger partial charge < -0.3 is 15.1 Å². The quantitative estimate of drug-likeness (QED) is 0.499. The lowest BCUT2D eigenvalue weighted by Crippen LogP contribution is -2.47. The number of rotatable bonds is 6. The molecule has 1 N–H and O–H groups in total. The third-order valence-corrected chi connectivity index (χ3v) is 8.00. The van der Waals surface area contributed by atoms with Crippen LogP contribution in [0.5, 0.6) is 0 Å². The number of carbonyl (C=O) groups excluding carboxylic acids is 1. The van der Waals surface area contributed by atoms with E-state index in [2.05, 4.69) is 31.2 Å². The number of allylic oxidation sites excluding steroid dienone is 1. The molecule has 1 fully saturated rings. The first kappa shape index (κ1) is 22.8. The van der Waals surface area contributed by atoms with E-state index in [1.54, 1.807) is 12.4 Å². The standard InChI is InChI=1S/C26H30FN5OS/c1-18-22-24(32-15-13-31(14-16-32)21-10-6-5-9-20(21)27)29-17-30-26(22)34-23(18)25(33)28-12-11-19-7-3-2-4-8-19/h5-7,9-10,17H,2-4,8,11-16H2,1H3,(H,28,33). The van der Waals surface area contributed by atoms with Gasteiger partial charge in [-0.25, -0.2) is 14.4 Å². The number of nitrogens with zero attached hydrogens (tertiary/aromatic N) is 4. The van der Waals surface area contributed by atoms with Gasteiger partial charge in [0.2, 0.25) is 0 Å². The number of benzene rings is 1. The number of hydrogen-bond donors (Lipinski definition) is 1. The molecule has 8 heteroatoms. The predicted molar refractivity (Wildman–Crippen MR) is 136 cm³/mol. The molecule has 0 bridgehead atoms. The molecule has 5 rings (SSSR count). The van der Waals surface area contributed by atoms with Gasteiger partial charge in [-0.15, -0.1) is 11.3 Å². The van der Waals surface area contributed by atoms with Crippen LogP contribution in [0.4, 0.5) is 15.9 Å². The summed E-state index contributed by atoms with van der Waals surface area (Å²) in [6, 6.07) is 6.91. The number of para-hydroxylation sites is 1. The molecule has 1 aliphatic heterocycles. The summed E-state index contributed by atoms with van der Waals surface area (Å²) in [7, 11) is 0. The van der Waals surface area contributed by atoms with E-state index in [0.717, 1.165) is 53.9 Å². The molecule has 178 valence electrons. The highest BCUT2D eigenvalue weighted by Crippen LogP contribution is 2.35. The zero-order valence-corrected chi connectivity index (χ0v) is 20.3. The van der Waals surface area contributed by atoms with Crippen molar-refractivity contribution in [2.24, 2.45) is 0 Å². The summed E-state index contributed by atoms with van der Waals surface area (Å²) in [5, 5.41) is 4.05. The van der Waals surface area contributed by atoms with E-state index >= 15 is 0 Å². The third kappa shape index (κ3) is 4.64. The first-order valence-electron chi connectivity index (χ1n) is 12.1. The van der Waals surface area contributed by atoms with Crippen LogP contribution in [0.2, 0.25) is 0 Å². The molecular weight excluding hydrogens is 449 g/mol. The van der Waals surface area contributed by atoms with Crippen molar-refractivity contribution in [3.05, 3.63) is 58.5 Å². The minimum absolute atomic E-state index is 0.0350. The van der Waals surface area contributed by atoms with Crippen molar-refractivity contribution in [1.29, 1.82) is 0 Å². The maximum Gasteiger partial charge on any atom is 0.261 e. The fourth-order valence-corrected chi connectivity index (χ4v) is 5.98. The number of hydrogen-bond acceptors (Lipinski definition) is 6. The highest BCUT2D eigenvalue weighted by molar-refractivity contribution is 7.20. The van der Waals surface area contributed by atoms with Crippen LogP contribution in [0.15, 0.2) is 42.2 Å². The fraction of sp³-hybridized carbons (Fsp3) is 0.423. The number of nitrogens with one attached hydrogen (secondary N) is 1. The largest absolute Gasteiger partial charge is 0.366 e. The van der Waals surface area contributed by atoms with Gasteiger partial charge in [0, 0.05) is 32.7 Å². The summed E-state index contributed by atoms with van der Waals surface area (Å²) in [4.78, 5) is 27.9. The number of thiophene rings is 1. The van der Waals surface area contributed by atoms with Crippen molar-refractivity contribution < 1.29 is 9.18 Å². The van der Waals surface area contributed by atoms with Crippen molar-refractivity contribution in [2.45, 2.75) is 39.0 Å². The van der Waals surface area contributed by atoms with Gasteiger partial charge in [0.15, 0.2) is 0 Å². The molecule has 0 spiro atoms. The van der Waals surface area contributed by atoms with Crippen LogP contribution in [0, 0.1) is 12.7 Å². The normalized spacial score (nSPS) is 16.6. The second kappa shape index (κ2) is 10.1. The maximum absolute atomic E-state index is 14.2. The number of anilines is 2. The van der Waals surface area contributed by atoms with Gasteiger partial charge in [-0.3, -0.25) is 4.79 Å². The number of aryl methyl sites for hydroxylation is 1. The van der Waals surface area contributed by atoms with Crippen LogP contribution < -0.4 is 15.1 Å². The van der Waals surface area contributed by atoms with Gasteiger partial charge in [-0.2, -0.15) is 0 Å². The van der Waals surface area contributed by atoms with Gasteiger partial charge in [-0.05, 0) is 56.7 Å². The Morgan fingerprint density at radius 3 is 2.68 bits per heavy atom. The third-order valence-electron chi connectivity index (χ3n) is 6.80. The number of aromatic nitrogens is 2. The average Bonchev–Trinajstić information content (AvgIpc) is 3.22. The lowest BCUT2D eigenvalue weighted by molar-refractivity contribution is 0.0957. The average molecular weight is 480 g/mol. The first-order chi connectivity index (χ1) is 16.6. The fourth-order valence-electron chi connectivity index (χ4n) is 4.93. The number of fused-ring (bicyclic) bond motifs is 1. The minimum Gasteiger partial charge on any atom is -0.366 e. The lowest BCUT2D eigenvalue weighted by atomic mass is 9.97. The van der Waals surface area contributed by atoms with E-state index in [1.807, 2.05) is 19.1 Å². The monoisotopic (exact) mass is 479 g/mol. The summed E-state index contributed by atoms with van der Waals surface area (Å²) in [6.45, 7) is 5.52. The van der Waals surface area contributed by atoms with E-state index in [0.29, 0.717) is 30.2 Å². The second-order valence-corrected chi connectivity index (χ2v) is 9.97. The van der Waals surface area contributed by atoms with E-state index in [4.69, 9.17) is 0 Å². The molecule has 1 saturated heterocycles. The van der Waals surface area contributed by atoms with Crippen molar-refractivity contribution in [3.63, 3.8) is 0 Å². The number of halogens is 1. The Balaban J connectivity index is 1.29. The highest BCUT2D eigenvalue weighted by atomic mass is 32.1. The summed E-state index contributed by atoms with van der Waals surface area (Å²) >= 11 is 1.43. The molecule has 1 amide bonds. The molecule has 1 aliphatic carbocycles. The summed E-state index contributed by atoms with van der Waals surface area (Å²) < 4.78 is 14.2. The smallest absolute Gasteiger partial charge is 0.261 e. The van der Waals surface area contributed by atoms with Gasteiger partial charge >= 0.3 is 0 Å². The Kier molecular flexibility index (Phi) is 6.76. The zero-order chi connectivity index (χ0) is 23.5.